The molecule has 2 heterocycles. The molecule has 102 valence electrons. The van der Waals surface area contributed by atoms with Gasteiger partial charge in [0.15, 0.2) is 0 Å². The Kier molecular flexibility index (Phi) is 3.42. The van der Waals surface area contributed by atoms with Crippen LogP contribution in [0.2, 0.25) is 0 Å². The summed E-state index contributed by atoms with van der Waals surface area (Å²) in [5.74, 6) is 0.682. The molecule has 2 fully saturated rings. The highest BCUT2D eigenvalue weighted by Gasteiger charge is 2.43. The average Bonchev–Trinajstić information content (AvgIpc) is 2.40. The van der Waals surface area contributed by atoms with Crippen LogP contribution in [0.1, 0.15) is 12.0 Å². The molecule has 2 amide bonds. The number of hydrogen-bond donors (Lipinski definition) is 1. The van der Waals surface area contributed by atoms with Crippen LogP contribution in [0.3, 0.4) is 0 Å². The lowest BCUT2D eigenvalue weighted by atomic mass is 9.83. The number of fused-ring (bicyclic) bond motifs is 1. The summed E-state index contributed by atoms with van der Waals surface area (Å²) in [5.41, 5.74) is 1.15. The number of hydrogen-bond acceptors (Lipinski definition) is 2. The number of likely N-dealkylation sites (tertiary alicyclic amines) is 2. The van der Waals surface area contributed by atoms with Crippen LogP contribution in [0.15, 0.2) is 30.3 Å². The van der Waals surface area contributed by atoms with Crippen molar-refractivity contribution in [2.75, 3.05) is 26.7 Å². The van der Waals surface area contributed by atoms with E-state index in [1.807, 2.05) is 35.2 Å². The van der Waals surface area contributed by atoms with E-state index in [4.69, 9.17) is 0 Å². The molecule has 1 aromatic rings. The molecule has 0 spiro atoms. The molecule has 0 bridgehead atoms. The van der Waals surface area contributed by atoms with E-state index in [-0.39, 0.29) is 6.03 Å². The summed E-state index contributed by atoms with van der Waals surface area (Å²) in [6.07, 6.45) is 1.11. The van der Waals surface area contributed by atoms with E-state index in [1.165, 1.54) is 0 Å². The van der Waals surface area contributed by atoms with Crippen LogP contribution >= 0.6 is 0 Å². The zero-order valence-corrected chi connectivity index (χ0v) is 11.4. The largest absolute Gasteiger partial charge is 0.334 e. The van der Waals surface area contributed by atoms with Gasteiger partial charge in [0.25, 0.3) is 0 Å². The van der Waals surface area contributed by atoms with Crippen molar-refractivity contribution in [3.8, 4) is 0 Å². The zero-order chi connectivity index (χ0) is 13.2. The third-order valence-corrected chi connectivity index (χ3v) is 4.28. The average molecular weight is 259 g/mol. The topological polar surface area (TPSA) is 35.6 Å². The molecular weight excluding hydrogens is 238 g/mol. The lowest BCUT2D eigenvalue weighted by Crippen LogP contribution is -2.66. The first-order valence-corrected chi connectivity index (χ1v) is 7.01. The second-order valence-corrected chi connectivity index (χ2v) is 5.68. The molecule has 4 heteroatoms. The first-order valence-electron chi connectivity index (χ1n) is 7.01. The number of carbonyl (C=O) groups excluding carboxylic acids is 1. The second kappa shape index (κ2) is 5.21. The predicted octanol–water partition coefficient (Wildman–Crippen LogP) is 1.53. The summed E-state index contributed by atoms with van der Waals surface area (Å²) in [6, 6.07) is 10.6. The Labute approximate surface area is 114 Å². The zero-order valence-electron chi connectivity index (χ0n) is 11.4. The Morgan fingerprint density at radius 2 is 2.11 bits per heavy atom. The summed E-state index contributed by atoms with van der Waals surface area (Å²) >= 11 is 0. The van der Waals surface area contributed by atoms with Gasteiger partial charge in [0.05, 0.1) is 0 Å². The van der Waals surface area contributed by atoms with E-state index in [1.54, 1.807) is 0 Å². The number of piperidine rings is 1. The Hall–Kier alpha value is -1.55. The predicted molar refractivity (Wildman–Crippen MR) is 74.8 cm³/mol. The van der Waals surface area contributed by atoms with Crippen molar-refractivity contribution in [3.63, 3.8) is 0 Å². The molecule has 1 aromatic carbocycles. The van der Waals surface area contributed by atoms with Gasteiger partial charge in [-0.3, -0.25) is 0 Å². The molecule has 0 aromatic heterocycles. The van der Waals surface area contributed by atoms with Gasteiger partial charge in [0.2, 0.25) is 0 Å². The highest BCUT2D eigenvalue weighted by Crippen LogP contribution is 2.31. The number of benzene rings is 1. The van der Waals surface area contributed by atoms with Crippen LogP contribution in [0.4, 0.5) is 4.79 Å². The van der Waals surface area contributed by atoms with Gasteiger partial charge >= 0.3 is 6.03 Å². The van der Waals surface area contributed by atoms with Gasteiger partial charge in [-0.1, -0.05) is 30.3 Å². The number of carbonyl (C=O) groups is 1. The fraction of sp³-hybridized carbons (Fsp3) is 0.533. The maximum atomic E-state index is 12.1. The monoisotopic (exact) mass is 259 g/mol. The minimum Gasteiger partial charge on any atom is -0.334 e. The highest BCUT2D eigenvalue weighted by molar-refractivity contribution is 5.75. The summed E-state index contributed by atoms with van der Waals surface area (Å²) < 4.78 is 0. The molecule has 2 saturated heterocycles. The van der Waals surface area contributed by atoms with Gasteiger partial charge in [-0.25, -0.2) is 4.79 Å². The smallest absolute Gasteiger partial charge is 0.317 e. The second-order valence-electron chi connectivity index (χ2n) is 5.68. The molecule has 4 nitrogen and oxygen atoms in total. The van der Waals surface area contributed by atoms with E-state index >= 15 is 0 Å². The molecule has 0 saturated carbocycles. The lowest BCUT2D eigenvalue weighted by Gasteiger charge is -2.52. The molecule has 0 unspecified atom stereocenters. The third kappa shape index (κ3) is 2.59. The van der Waals surface area contributed by atoms with Crippen LogP contribution in [0.5, 0.6) is 0 Å². The quantitative estimate of drug-likeness (QED) is 0.874. The fourth-order valence-corrected chi connectivity index (χ4v) is 3.15. The molecule has 1 N–H and O–H groups in total. The first kappa shape index (κ1) is 12.5. The molecule has 2 atom stereocenters. The van der Waals surface area contributed by atoms with Crippen LogP contribution in [-0.4, -0.2) is 48.6 Å². The van der Waals surface area contributed by atoms with Crippen molar-refractivity contribution < 1.29 is 4.79 Å². The molecule has 19 heavy (non-hydrogen) atoms. The molecule has 0 aliphatic carbocycles. The van der Waals surface area contributed by atoms with E-state index in [9.17, 15) is 4.79 Å². The highest BCUT2D eigenvalue weighted by atomic mass is 16.2. The Bertz CT molecular complexity index is 448. The molecule has 2 aliphatic heterocycles. The minimum atomic E-state index is 0.0923. The maximum absolute atomic E-state index is 12.1. The van der Waals surface area contributed by atoms with Crippen molar-refractivity contribution in [2.24, 2.45) is 5.92 Å². The molecule has 3 rings (SSSR count). The van der Waals surface area contributed by atoms with Gasteiger partial charge in [0, 0.05) is 31.6 Å². The lowest BCUT2D eigenvalue weighted by molar-refractivity contribution is -0.00644. The van der Waals surface area contributed by atoms with Gasteiger partial charge in [-0.15, -0.1) is 0 Å². The summed E-state index contributed by atoms with van der Waals surface area (Å²) in [6.45, 7) is 3.76. The number of nitrogens with zero attached hydrogens (tertiary/aromatic N) is 2. The van der Waals surface area contributed by atoms with Crippen molar-refractivity contribution in [1.29, 1.82) is 0 Å². The maximum Gasteiger partial charge on any atom is 0.317 e. The third-order valence-electron chi connectivity index (χ3n) is 4.28. The van der Waals surface area contributed by atoms with Crippen molar-refractivity contribution >= 4 is 6.03 Å². The van der Waals surface area contributed by atoms with Crippen LogP contribution < -0.4 is 5.32 Å². The Morgan fingerprint density at radius 3 is 2.84 bits per heavy atom. The molecular formula is C15H21N3O. The molecule has 0 radical (unpaired) electrons. The number of urea groups is 1. The normalized spacial score (nSPS) is 26.5. The summed E-state index contributed by atoms with van der Waals surface area (Å²) in [4.78, 5) is 16.5. The van der Waals surface area contributed by atoms with Gasteiger partial charge in [-0.2, -0.15) is 0 Å². The van der Waals surface area contributed by atoms with Crippen molar-refractivity contribution in [1.82, 2.24) is 15.1 Å². The fourth-order valence-electron chi connectivity index (χ4n) is 3.15. The van der Waals surface area contributed by atoms with E-state index < -0.39 is 0 Å². The molecule has 2 aliphatic rings. The van der Waals surface area contributed by atoms with Crippen LogP contribution in [0, 0.1) is 5.92 Å². The standard InChI is InChI=1S/C15H21N3O/c1-17-8-7-14-13(10-17)11-18(14)15(19)16-9-12-5-3-2-4-6-12/h2-6,13-14H,7-11H2,1H3,(H,16,19)/t13-,14-/m1/s1. The van der Waals surface area contributed by atoms with Crippen LogP contribution in [0.25, 0.3) is 0 Å². The van der Waals surface area contributed by atoms with Crippen molar-refractivity contribution in [2.45, 2.75) is 19.0 Å². The Morgan fingerprint density at radius 1 is 1.32 bits per heavy atom. The van der Waals surface area contributed by atoms with E-state index in [0.717, 1.165) is 31.6 Å². The van der Waals surface area contributed by atoms with Crippen molar-refractivity contribution in [3.05, 3.63) is 35.9 Å². The van der Waals surface area contributed by atoms with E-state index in [2.05, 4.69) is 17.3 Å². The Balaban J connectivity index is 1.50. The number of amides is 2. The summed E-state index contributed by atoms with van der Waals surface area (Å²) in [5, 5.41) is 3.02. The summed E-state index contributed by atoms with van der Waals surface area (Å²) in [7, 11) is 2.16. The number of nitrogens with one attached hydrogen (secondary N) is 1. The number of rotatable bonds is 2. The SMILES string of the molecule is CN1CC[C@@H]2[C@H](C1)CN2C(=O)NCc1ccccc1. The van der Waals surface area contributed by atoms with Gasteiger partial charge in [0.1, 0.15) is 0 Å². The van der Waals surface area contributed by atoms with E-state index in [0.29, 0.717) is 18.5 Å². The minimum absolute atomic E-state index is 0.0923. The first-order chi connectivity index (χ1) is 9.24. The van der Waals surface area contributed by atoms with Crippen LogP contribution in [-0.2, 0) is 6.54 Å². The van der Waals surface area contributed by atoms with Gasteiger partial charge in [-0.05, 0) is 25.6 Å². The van der Waals surface area contributed by atoms with Gasteiger partial charge < -0.3 is 15.1 Å².